The number of anilines is 1. The van der Waals surface area contributed by atoms with Gasteiger partial charge in [-0.3, -0.25) is 9.78 Å². The number of pyridine rings is 1. The normalized spacial score (nSPS) is 18.6. The number of carboxylic acid groups (broad SMARTS) is 1. The lowest BCUT2D eigenvalue weighted by Crippen LogP contribution is -2.21. The van der Waals surface area contributed by atoms with Gasteiger partial charge >= 0.3 is 5.97 Å². The molecule has 2 aromatic rings. The second kappa shape index (κ2) is 5.12. The van der Waals surface area contributed by atoms with Gasteiger partial charge in [-0.15, -0.1) is 0 Å². The lowest BCUT2D eigenvalue weighted by Gasteiger charge is -2.21. The van der Waals surface area contributed by atoms with E-state index in [4.69, 9.17) is 5.11 Å². The van der Waals surface area contributed by atoms with Crippen LogP contribution in [0.15, 0.2) is 30.3 Å². The van der Waals surface area contributed by atoms with Crippen molar-refractivity contribution in [3.05, 3.63) is 36.0 Å². The fourth-order valence-corrected chi connectivity index (χ4v) is 3.01. The molecule has 0 spiro atoms. The van der Waals surface area contributed by atoms with Gasteiger partial charge in [0.15, 0.2) is 0 Å². The quantitative estimate of drug-likeness (QED) is 0.931. The molecule has 1 saturated heterocycles. The van der Waals surface area contributed by atoms with Gasteiger partial charge in [0.25, 0.3) is 0 Å². The van der Waals surface area contributed by atoms with E-state index in [1.165, 1.54) is 5.69 Å². The summed E-state index contributed by atoms with van der Waals surface area (Å²) in [6, 6.07) is 10.2. The number of carboxylic acids is 1. The van der Waals surface area contributed by atoms with E-state index in [0.717, 1.165) is 36.1 Å². The summed E-state index contributed by atoms with van der Waals surface area (Å²) >= 11 is 0. The Bertz CT molecular complexity index is 654. The average Bonchev–Trinajstić information content (AvgIpc) is 2.85. The van der Waals surface area contributed by atoms with Crippen LogP contribution in [0.3, 0.4) is 0 Å². The zero-order chi connectivity index (χ0) is 14.1. The summed E-state index contributed by atoms with van der Waals surface area (Å²) in [5, 5.41) is 10.1. The van der Waals surface area contributed by atoms with E-state index in [2.05, 4.69) is 22.0 Å². The van der Waals surface area contributed by atoms with Crippen LogP contribution in [0.1, 0.15) is 18.5 Å². The van der Waals surface area contributed by atoms with Crippen LogP contribution in [-0.4, -0.2) is 29.1 Å². The standard InChI is InChI=1S/C16H18N2O2/c1-11-8-15(13-4-2-3-5-14(13)17-11)18-7-6-12(10-18)9-16(19)20/h2-5,8,12H,6-7,9-10H2,1H3,(H,19,20). The van der Waals surface area contributed by atoms with Crippen LogP contribution in [0.2, 0.25) is 0 Å². The predicted molar refractivity (Wildman–Crippen MR) is 79.1 cm³/mol. The third-order valence-corrected chi connectivity index (χ3v) is 3.91. The number of carbonyl (C=O) groups is 1. The van der Waals surface area contributed by atoms with E-state index in [1.807, 2.05) is 25.1 Å². The molecule has 20 heavy (non-hydrogen) atoms. The molecule has 2 heterocycles. The number of aliphatic carboxylic acids is 1. The fraction of sp³-hybridized carbons (Fsp3) is 0.375. The molecule has 4 nitrogen and oxygen atoms in total. The summed E-state index contributed by atoms with van der Waals surface area (Å²) in [6.45, 7) is 3.74. The summed E-state index contributed by atoms with van der Waals surface area (Å²) in [7, 11) is 0. The van der Waals surface area contributed by atoms with Crippen LogP contribution in [0.25, 0.3) is 10.9 Å². The first-order valence-electron chi connectivity index (χ1n) is 6.96. The number of para-hydroxylation sites is 1. The van der Waals surface area contributed by atoms with Gasteiger partial charge in [-0.25, -0.2) is 0 Å². The minimum Gasteiger partial charge on any atom is -0.481 e. The Hall–Kier alpha value is -2.10. The van der Waals surface area contributed by atoms with E-state index < -0.39 is 5.97 Å². The lowest BCUT2D eigenvalue weighted by atomic mass is 10.1. The van der Waals surface area contributed by atoms with Crippen molar-refractivity contribution in [1.29, 1.82) is 0 Å². The van der Waals surface area contributed by atoms with Gasteiger partial charge in [-0.2, -0.15) is 0 Å². The van der Waals surface area contributed by atoms with Gasteiger partial charge in [-0.1, -0.05) is 18.2 Å². The summed E-state index contributed by atoms with van der Waals surface area (Å²) in [6.07, 6.45) is 1.21. The molecule has 1 aliphatic heterocycles. The summed E-state index contributed by atoms with van der Waals surface area (Å²) < 4.78 is 0. The van der Waals surface area contributed by atoms with E-state index in [-0.39, 0.29) is 12.3 Å². The highest BCUT2D eigenvalue weighted by molar-refractivity contribution is 5.92. The first kappa shape index (κ1) is 12.9. The van der Waals surface area contributed by atoms with Gasteiger partial charge in [0.05, 0.1) is 5.52 Å². The molecular formula is C16H18N2O2. The Labute approximate surface area is 118 Å². The summed E-state index contributed by atoms with van der Waals surface area (Å²) in [4.78, 5) is 17.7. The van der Waals surface area contributed by atoms with E-state index in [9.17, 15) is 4.79 Å². The zero-order valence-electron chi connectivity index (χ0n) is 11.5. The zero-order valence-corrected chi connectivity index (χ0v) is 11.5. The lowest BCUT2D eigenvalue weighted by molar-refractivity contribution is -0.137. The molecule has 1 unspecified atom stereocenters. The molecule has 0 aliphatic carbocycles. The van der Waals surface area contributed by atoms with Crippen LogP contribution in [0, 0.1) is 12.8 Å². The van der Waals surface area contributed by atoms with Crippen molar-refractivity contribution in [3.63, 3.8) is 0 Å². The number of hydrogen-bond donors (Lipinski definition) is 1. The van der Waals surface area contributed by atoms with Gasteiger partial charge in [0.1, 0.15) is 0 Å². The maximum absolute atomic E-state index is 10.8. The molecule has 4 heteroatoms. The van der Waals surface area contributed by atoms with Gasteiger partial charge in [0, 0.05) is 36.3 Å². The summed E-state index contributed by atoms with van der Waals surface area (Å²) in [5.74, 6) is -0.452. The highest BCUT2D eigenvalue weighted by atomic mass is 16.4. The summed E-state index contributed by atoms with van der Waals surface area (Å²) in [5.41, 5.74) is 3.19. The van der Waals surface area contributed by atoms with Gasteiger partial charge in [-0.05, 0) is 31.4 Å². The van der Waals surface area contributed by atoms with Crippen molar-refractivity contribution in [2.45, 2.75) is 19.8 Å². The third kappa shape index (κ3) is 2.46. The molecule has 1 N–H and O–H groups in total. The molecule has 104 valence electrons. The number of rotatable bonds is 3. The smallest absolute Gasteiger partial charge is 0.303 e. The number of aryl methyl sites for hydroxylation is 1. The maximum Gasteiger partial charge on any atom is 0.303 e. The molecule has 1 fully saturated rings. The molecular weight excluding hydrogens is 252 g/mol. The predicted octanol–water partition coefficient (Wildman–Crippen LogP) is 2.84. The number of nitrogens with zero attached hydrogens (tertiary/aromatic N) is 2. The van der Waals surface area contributed by atoms with Crippen LogP contribution in [-0.2, 0) is 4.79 Å². The van der Waals surface area contributed by atoms with Crippen molar-refractivity contribution in [3.8, 4) is 0 Å². The SMILES string of the molecule is Cc1cc(N2CCC(CC(=O)O)C2)c2ccccc2n1. The van der Waals surface area contributed by atoms with Gasteiger partial charge in [0.2, 0.25) is 0 Å². The maximum atomic E-state index is 10.8. The minimum absolute atomic E-state index is 0.250. The Morgan fingerprint density at radius 1 is 1.45 bits per heavy atom. The fourth-order valence-electron chi connectivity index (χ4n) is 3.01. The molecule has 1 aliphatic rings. The number of benzene rings is 1. The number of fused-ring (bicyclic) bond motifs is 1. The van der Waals surface area contributed by atoms with Crippen molar-refractivity contribution in [2.24, 2.45) is 5.92 Å². The van der Waals surface area contributed by atoms with Crippen LogP contribution < -0.4 is 4.90 Å². The third-order valence-electron chi connectivity index (χ3n) is 3.91. The average molecular weight is 270 g/mol. The Morgan fingerprint density at radius 3 is 3.05 bits per heavy atom. The molecule has 1 aromatic carbocycles. The first-order chi connectivity index (χ1) is 9.63. The van der Waals surface area contributed by atoms with Gasteiger partial charge < -0.3 is 10.0 Å². The van der Waals surface area contributed by atoms with Crippen molar-refractivity contribution in [1.82, 2.24) is 4.98 Å². The van der Waals surface area contributed by atoms with Crippen LogP contribution >= 0.6 is 0 Å². The molecule has 0 bridgehead atoms. The first-order valence-corrected chi connectivity index (χ1v) is 6.96. The highest BCUT2D eigenvalue weighted by Gasteiger charge is 2.25. The number of hydrogen-bond acceptors (Lipinski definition) is 3. The highest BCUT2D eigenvalue weighted by Crippen LogP contribution is 2.31. The topological polar surface area (TPSA) is 53.4 Å². The van der Waals surface area contributed by atoms with Crippen molar-refractivity contribution >= 4 is 22.6 Å². The molecule has 1 aromatic heterocycles. The molecule has 3 rings (SSSR count). The van der Waals surface area contributed by atoms with Crippen LogP contribution in [0.5, 0.6) is 0 Å². The van der Waals surface area contributed by atoms with E-state index in [1.54, 1.807) is 0 Å². The Morgan fingerprint density at radius 2 is 2.25 bits per heavy atom. The Balaban J connectivity index is 1.93. The molecule has 0 saturated carbocycles. The Kier molecular flexibility index (Phi) is 3.30. The van der Waals surface area contributed by atoms with E-state index in [0.29, 0.717) is 0 Å². The van der Waals surface area contributed by atoms with Crippen LogP contribution in [0.4, 0.5) is 5.69 Å². The molecule has 0 radical (unpaired) electrons. The minimum atomic E-state index is -0.701. The second-order valence-corrected chi connectivity index (χ2v) is 5.50. The van der Waals surface area contributed by atoms with Crippen molar-refractivity contribution in [2.75, 3.05) is 18.0 Å². The molecule has 1 atom stereocenters. The second-order valence-electron chi connectivity index (χ2n) is 5.50. The monoisotopic (exact) mass is 270 g/mol. The largest absolute Gasteiger partial charge is 0.481 e. The molecule has 0 amide bonds. The van der Waals surface area contributed by atoms with E-state index >= 15 is 0 Å². The number of aromatic nitrogens is 1. The van der Waals surface area contributed by atoms with Crippen molar-refractivity contribution < 1.29 is 9.90 Å².